The molecule has 0 bridgehead atoms. The highest BCUT2D eigenvalue weighted by Crippen LogP contribution is 2.05. The van der Waals surface area contributed by atoms with E-state index in [1.54, 1.807) is 24.3 Å². The molecule has 0 saturated carbocycles. The number of aromatic amines is 1. The van der Waals surface area contributed by atoms with Gasteiger partial charge in [0.15, 0.2) is 0 Å². The minimum Gasteiger partial charge on any atom is -0.481 e. The molecule has 3 unspecified atom stereocenters. The average molecular weight is 431 g/mol. The van der Waals surface area contributed by atoms with Gasteiger partial charge in [0.25, 0.3) is 0 Å². The van der Waals surface area contributed by atoms with Gasteiger partial charge in [0.05, 0.1) is 12.4 Å². The molecule has 0 spiro atoms. The number of H-pyrrole nitrogens is 1. The zero-order valence-electron chi connectivity index (χ0n) is 16.7. The number of nitrogens with one attached hydrogen (secondary N) is 3. The van der Waals surface area contributed by atoms with Gasteiger partial charge in [0.1, 0.15) is 12.1 Å². The molecule has 7 N–H and O–H groups in total. The highest BCUT2D eigenvalue weighted by molar-refractivity contribution is 5.92. The number of hydrogen-bond acceptors (Lipinski definition) is 6. The Labute approximate surface area is 178 Å². The van der Waals surface area contributed by atoms with Crippen LogP contribution in [0.15, 0.2) is 42.9 Å². The lowest BCUT2D eigenvalue weighted by atomic mass is 10.0. The molecule has 1 aromatic heterocycles. The molecule has 2 aromatic rings. The fraction of sp³-hybridized carbons (Fsp3) is 0.350. The van der Waals surface area contributed by atoms with Crippen molar-refractivity contribution < 1.29 is 29.4 Å². The van der Waals surface area contributed by atoms with Gasteiger partial charge >= 0.3 is 11.9 Å². The Morgan fingerprint density at radius 3 is 2.26 bits per heavy atom. The van der Waals surface area contributed by atoms with Crippen molar-refractivity contribution in [1.82, 2.24) is 20.6 Å². The molecule has 0 radical (unpaired) electrons. The van der Waals surface area contributed by atoms with Crippen LogP contribution >= 0.6 is 0 Å². The van der Waals surface area contributed by atoms with Gasteiger partial charge in [0.2, 0.25) is 11.8 Å². The van der Waals surface area contributed by atoms with E-state index in [0.717, 1.165) is 5.56 Å². The second kappa shape index (κ2) is 11.5. The largest absolute Gasteiger partial charge is 0.481 e. The summed E-state index contributed by atoms with van der Waals surface area (Å²) in [5, 5.41) is 23.1. The first kappa shape index (κ1) is 23.5. The predicted molar refractivity (Wildman–Crippen MR) is 109 cm³/mol. The fourth-order valence-corrected chi connectivity index (χ4v) is 2.86. The van der Waals surface area contributed by atoms with E-state index < -0.39 is 48.3 Å². The van der Waals surface area contributed by atoms with E-state index in [0.29, 0.717) is 5.69 Å². The SMILES string of the molecule is NC(Cc1ccccc1)C(=O)NC(CCC(=O)O)C(=O)NC(Cc1cnc[nH]1)C(=O)O. The molecule has 3 atom stereocenters. The van der Waals surface area contributed by atoms with Crippen LogP contribution in [-0.4, -0.2) is 62.1 Å². The molecule has 31 heavy (non-hydrogen) atoms. The van der Waals surface area contributed by atoms with Crippen molar-refractivity contribution in [2.24, 2.45) is 5.73 Å². The maximum atomic E-state index is 12.7. The monoisotopic (exact) mass is 431 g/mol. The standard InChI is InChI=1S/C20H25N5O6/c21-14(8-12-4-2-1-3-5-12)18(28)24-15(6-7-17(26)27)19(29)25-16(20(30)31)9-13-10-22-11-23-13/h1-5,10-11,14-16H,6-9,21H2,(H,22,23)(H,24,28)(H,25,29)(H,26,27)(H,30,31). The third-order valence-corrected chi connectivity index (χ3v) is 4.51. The Hall–Kier alpha value is -3.73. The third kappa shape index (κ3) is 7.90. The maximum absolute atomic E-state index is 12.7. The smallest absolute Gasteiger partial charge is 0.326 e. The number of aromatic nitrogens is 2. The molecule has 1 heterocycles. The number of hydrogen-bond donors (Lipinski definition) is 6. The predicted octanol–water partition coefficient (Wildman–Crippen LogP) is -0.559. The van der Waals surface area contributed by atoms with Gasteiger partial charge in [-0.3, -0.25) is 14.4 Å². The Morgan fingerprint density at radius 1 is 1.00 bits per heavy atom. The lowest BCUT2D eigenvalue weighted by Crippen LogP contribution is -2.55. The molecule has 0 saturated heterocycles. The van der Waals surface area contributed by atoms with Crippen LogP contribution < -0.4 is 16.4 Å². The van der Waals surface area contributed by atoms with Gasteiger partial charge in [0, 0.05) is 24.7 Å². The van der Waals surface area contributed by atoms with Crippen molar-refractivity contribution >= 4 is 23.8 Å². The summed E-state index contributed by atoms with van der Waals surface area (Å²) in [5.41, 5.74) is 7.24. The summed E-state index contributed by atoms with van der Waals surface area (Å²) in [5.74, 6) is -3.90. The molecule has 11 heteroatoms. The Kier molecular flexibility index (Phi) is 8.70. The summed E-state index contributed by atoms with van der Waals surface area (Å²) < 4.78 is 0. The van der Waals surface area contributed by atoms with Crippen LogP contribution in [0.4, 0.5) is 0 Å². The summed E-state index contributed by atoms with van der Waals surface area (Å²) in [4.78, 5) is 54.2. The van der Waals surface area contributed by atoms with Crippen molar-refractivity contribution in [2.75, 3.05) is 0 Å². The van der Waals surface area contributed by atoms with Gasteiger partial charge in [-0.1, -0.05) is 30.3 Å². The summed E-state index contributed by atoms with van der Waals surface area (Å²) in [6, 6.07) is 5.50. The molecule has 0 aliphatic heterocycles. The summed E-state index contributed by atoms with van der Waals surface area (Å²) in [6.07, 6.45) is 2.34. The van der Waals surface area contributed by atoms with E-state index in [4.69, 9.17) is 10.8 Å². The first-order valence-electron chi connectivity index (χ1n) is 9.58. The molecule has 0 aliphatic carbocycles. The number of benzene rings is 1. The summed E-state index contributed by atoms with van der Waals surface area (Å²) in [6.45, 7) is 0. The number of carboxylic acid groups (broad SMARTS) is 2. The van der Waals surface area contributed by atoms with Crippen molar-refractivity contribution in [3.05, 3.63) is 54.1 Å². The van der Waals surface area contributed by atoms with Crippen LogP contribution in [0.2, 0.25) is 0 Å². The Bertz CT molecular complexity index is 887. The second-order valence-corrected chi connectivity index (χ2v) is 6.97. The molecule has 1 aromatic carbocycles. The quantitative estimate of drug-likeness (QED) is 0.258. The van der Waals surface area contributed by atoms with Gasteiger partial charge < -0.3 is 31.6 Å². The lowest BCUT2D eigenvalue weighted by molar-refractivity contribution is -0.143. The second-order valence-electron chi connectivity index (χ2n) is 6.97. The van der Waals surface area contributed by atoms with Crippen molar-refractivity contribution in [1.29, 1.82) is 0 Å². The highest BCUT2D eigenvalue weighted by Gasteiger charge is 2.28. The van der Waals surface area contributed by atoms with Crippen LogP contribution in [0.1, 0.15) is 24.1 Å². The van der Waals surface area contributed by atoms with E-state index in [1.807, 2.05) is 6.07 Å². The maximum Gasteiger partial charge on any atom is 0.326 e. The molecular formula is C20H25N5O6. The van der Waals surface area contributed by atoms with E-state index in [9.17, 15) is 24.3 Å². The third-order valence-electron chi connectivity index (χ3n) is 4.51. The lowest BCUT2D eigenvalue weighted by Gasteiger charge is -2.22. The first-order chi connectivity index (χ1) is 14.8. The van der Waals surface area contributed by atoms with Crippen molar-refractivity contribution in [2.45, 2.75) is 43.8 Å². The van der Waals surface area contributed by atoms with Crippen LogP contribution in [0.25, 0.3) is 0 Å². The zero-order valence-corrected chi connectivity index (χ0v) is 16.7. The topological polar surface area (TPSA) is 188 Å². The first-order valence-corrected chi connectivity index (χ1v) is 9.58. The van der Waals surface area contributed by atoms with E-state index in [1.165, 1.54) is 12.5 Å². The minimum absolute atomic E-state index is 0.0613. The number of carbonyl (C=O) groups is 4. The Morgan fingerprint density at radius 2 is 1.68 bits per heavy atom. The summed E-state index contributed by atoms with van der Waals surface area (Å²) >= 11 is 0. The molecular weight excluding hydrogens is 406 g/mol. The van der Waals surface area contributed by atoms with Crippen LogP contribution in [0.3, 0.4) is 0 Å². The Balaban J connectivity index is 2.04. The normalized spacial score (nSPS) is 13.6. The number of nitrogens with two attached hydrogens (primary N) is 1. The minimum atomic E-state index is -1.30. The van der Waals surface area contributed by atoms with E-state index in [-0.39, 0.29) is 19.3 Å². The zero-order chi connectivity index (χ0) is 22.8. The van der Waals surface area contributed by atoms with Crippen LogP contribution in [-0.2, 0) is 32.0 Å². The van der Waals surface area contributed by atoms with Crippen LogP contribution in [0, 0.1) is 0 Å². The highest BCUT2D eigenvalue weighted by atomic mass is 16.4. The molecule has 0 aliphatic rings. The molecule has 2 amide bonds. The van der Waals surface area contributed by atoms with Gasteiger partial charge in [-0.15, -0.1) is 0 Å². The number of rotatable bonds is 12. The fourth-order valence-electron chi connectivity index (χ4n) is 2.86. The van der Waals surface area contributed by atoms with E-state index >= 15 is 0 Å². The number of aliphatic carboxylic acids is 2. The summed E-state index contributed by atoms with van der Waals surface area (Å²) in [7, 11) is 0. The van der Waals surface area contributed by atoms with Gasteiger partial charge in [-0.05, 0) is 18.4 Å². The van der Waals surface area contributed by atoms with Crippen LogP contribution in [0.5, 0.6) is 0 Å². The molecule has 0 fully saturated rings. The number of carbonyl (C=O) groups excluding carboxylic acids is 2. The molecule has 2 rings (SSSR count). The number of nitrogens with zero attached hydrogens (tertiary/aromatic N) is 1. The number of carboxylic acids is 2. The van der Waals surface area contributed by atoms with E-state index in [2.05, 4.69) is 20.6 Å². The molecule has 11 nitrogen and oxygen atoms in total. The van der Waals surface area contributed by atoms with Gasteiger partial charge in [-0.2, -0.15) is 0 Å². The van der Waals surface area contributed by atoms with Crippen molar-refractivity contribution in [3.8, 4) is 0 Å². The molecule has 166 valence electrons. The number of imidazole rings is 1. The van der Waals surface area contributed by atoms with Crippen molar-refractivity contribution in [3.63, 3.8) is 0 Å². The average Bonchev–Trinajstić information content (AvgIpc) is 3.24. The number of amides is 2. The van der Waals surface area contributed by atoms with Gasteiger partial charge in [-0.25, -0.2) is 9.78 Å².